The predicted molar refractivity (Wildman–Crippen MR) is 78.0 cm³/mol. The first-order valence-electron chi connectivity index (χ1n) is 7.74. The SMILES string of the molecule is CC(C)NCCN1CCC2(CCN(C)CC2)CC1. The van der Waals surface area contributed by atoms with E-state index in [2.05, 4.69) is 36.0 Å². The number of nitrogens with one attached hydrogen (secondary N) is 1. The van der Waals surface area contributed by atoms with Gasteiger partial charge in [0.25, 0.3) is 0 Å². The Balaban J connectivity index is 1.68. The van der Waals surface area contributed by atoms with Gasteiger partial charge in [0.2, 0.25) is 0 Å². The molecule has 3 nitrogen and oxygen atoms in total. The zero-order chi connectivity index (χ0) is 13.0. The molecule has 0 atom stereocenters. The second-order valence-corrected chi connectivity index (χ2v) is 6.75. The molecule has 2 aliphatic rings. The first-order chi connectivity index (χ1) is 8.60. The Morgan fingerprint density at radius 3 is 2.11 bits per heavy atom. The third kappa shape index (κ3) is 3.94. The number of likely N-dealkylation sites (tertiary alicyclic amines) is 2. The van der Waals surface area contributed by atoms with Crippen LogP contribution in [-0.2, 0) is 0 Å². The topological polar surface area (TPSA) is 18.5 Å². The lowest BCUT2D eigenvalue weighted by Crippen LogP contribution is -2.47. The smallest absolute Gasteiger partial charge is 0.0107 e. The molecular weight excluding hydrogens is 222 g/mol. The molecule has 0 unspecified atom stereocenters. The standard InChI is InChI=1S/C15H31N3/c1-14(2)16-8-13-18-11-6-15(7-12-18)4-9-17(3)10-5-15/h14,16H,4-13H2,1-3H3. The number of rotatable bonds is 4. The summed E-state index contributed by atoms with van der Waals surface area (Å²) in [6, 6.07) is 0.620. The van der Waals surface area contributed by atoms with Crippen molar-refractivity contribution in [3.63, 3.8) is 0 Å². The Hall–Kier alpha value is -0.120. The normalized spacial score (nSPS) is 26.0. The van der Waals surface area contributed by atoms with Gasteiger partial charge in [0, 0.05) is 19.1 Å². The average Bonchev–Trinajstić information content (AvgIpc) is 2.35. The summed E-state index contributed by atoms with van der Waals surface area (Å²) in [5, 5.41) is 3.52. The maximum Gasteiger partial charge on any atom is 0.0107 e. The van der Waals surface area contributed by atoms with Gasteiger partial charge in [0.15, 0.2) is 0 Å². The minimum Gasteiger partial charge on any atom is -0.313 e. The van der Waals surface area contributed by atoms with E-state index in [0.29, 0.717) is 11.5 Å². The Morgan fingerprint density at radius 1 is 1.00 bits per heavy atom. The summed E-state index contributed by atoms with van der Waals surface area (Å²) in [6.07, 6.45) is 5.73. The lowest BCUT2D eigenvalue weighted by atomic mass is 9.71. The van der Waals surface area contributed by atoms with Crippen molar-refractivity contribution in [1.82, 2.24) is 15.1 Å². The van der Waals surface area contributed by atoms with Crippen LogP contribution in [0.25, 0.3) is 0 Å². The summed E-state index contributed by atoms with van der Waals surface area (Å²) in [5.41, 5.74) is 0.703. The van der Waals surface area contributed by atoms with Crippen molar-refractivity contribution < 1.29 is 0 Å². The van der Waals surface area contributed by atoms with Gasteiger partial charge in [-0.1, -0.05) is 13.8 Å². The lowest BCUT2D eigenvalue weighted by molar-refractivity contribution is 0.0431. The van der Waals surface area contributed by atoms with Gasteiger partial charge in [0.1, 0.15) is 0 Å². The second kappa shape index (κ2) is 6.36. The zero-order valence-corrected chi connectivity index (χ0v) is 12.5. The minimum absolute atomic E-state index is 0.620. The lowest BCUT2D eigenvalue weighted by Gasteiger charge is -2.46. The monoisotopic (exact) mass is 253 g/mol. The highest BCUT2D eigenvalue weighted by Crippen LogP contribution is 2.40. The number of hydrogen-bond donors (Lipinski definition) is 1. The van der Waals surface area contributed by atoms with Crippen molar-refractivity contribution in [2.75, 3.05) is 46.3 Å². The van der Waals surface area contributed by atoms with Crippen molar-refractivity contribution in [3.8, 4) is 0 Å². The Morgan fingerprint density at radius 2 is 1.56 bits per heavy atom. The first-order valence-corrected chi connectivity index (χ1v) is 7.74. The third-order valence-electron chi connectivity index (χ3n) is 4.95. The molecule has 2 rings (SSSR count). The van der Waals surface area contributed by atoms with E-state index in [1.54, 1.807) is 0 Å². The van der Waals surface area contributed by atoms with Gasteiger partial charge in [-0.05, 0) is 64.3 Å². The molecule has 2 saturated heterocycles. The van der Waals surface area contributed by atoms with Crippen LogP contribution in [0.2, 0.25) is 0 Å². The molecule has 3 heteroatoms. The molecule has 2 heterocycles. The van der Waals surface area contributed by atoms with Crippen LogP contribution in [0.15, 0.2) is 0 Å². The fourth-order valence-corrected chi connectivity index (χ4v) is 3.36. The summed E-state index contributed by atoms with van der Waals surface area (Å²) in [5.74, 6) is 0. The van der Waals surface area contributed by atoms with Gasteiger partial charge in [-0.2, -0.15) is 0 Å². The largest absolute Gasteiger partial charge is 0.313 e. The molecular formula is C15H31N3. The van der Waals surface area contributed by atoms with Gasteiger partial charge in [-0.15, -0.1) is 0 Å². The van der Waals surface area contributed by atoms with Crippen LogP contribution < -0.4 is 5.32 Å². The molecule has 2 aliphatic heterocycles. The van der Waals surface area contributed by atoms with Gasteiger partial charge in [-0.25, -0.2) is 0 Å². The van der Waals surface area contributed by atoms with Crippen molar-refractivity contribution >= 4 is 0 Å². The molecule has 1 spiro atoms. The van der Waals surface area contributed by atoms with Crippen LogP contribution in [0.4, 0.5) is 0 Å². The van der Waals surface area contributed by atoms with Crippen LogP contribution in [-0.4, -0.2) is 62.2 Å². The molecule has 18 heavy (non-hydrogen) atoms. The average molecular weight is 253 g/mol. The highest BCUT2D eigenvalue weighted by atomic mass is 15.2. The van der Waals surface area contributed by atoms with E-state index in [0.717, 1.165) is 6.54 Å². The van der Waals surface area contributed by atoms with E-state index in [-0.39, 0.29) is 0 Å². The predicted octanol–water partition coefficient (Wildman–Crippen LogP) is 1.79. The minimum atomic E-state index is 0.620. The number of nitrogens with zero attached hydrogens (tertiary/aromatic N) is 2. The van der Waals surface area contributed by atoms with Gasteiger partial charge >= 0.3 is 0 Å². The zero-order valence-electron chi connectivity index (χ0n) is 12.5. The molecule has 1 N–H and O–H groups in total. The molecule has 0 aromatic carbocycles. The van der Waals surface area contributed by atoms with Gasteiger partial charge in [0.05, 0.1) is 0 Å². The number of piperidine rings is 2. The van der Waals surface area contributed by atoms with E-state index in [1.165, 1.54) is 58.4 Å². The third-order valence-corrected chi connectivity index (χ3v) is 4.95. The second-order valence-electron chi connectivity index (χ2n) is 6.75. The van der Waals surface area contributed by atoms with Crippen molar-refractivity contribution in [2.45, 2.75) is 45.6 Å². The van der Waals surface area contributed by atoms with E-state index < -0.39 is 0 Å². The van der Waals surface area contributed by atoms with Crippen LogP contribution in [0.1, 0.15) is 39.5 Å². The Labute approximate surface area is 113 Å². The summed E-state index contributed by atoms with van der Waals surface area (Å²) < 4.78 is 0. The Kier molecular flexibility index (Phi) is 5.05. The van der Waals surface area contributed by atoms with Crippen LogP contribution in [0.5, 0.6) is 0 Å². The van der Waals surface area contributed by atoms with E-state index >= 15 is 0 Å². The quantitative estimate of drug-likeness (QED) is 0.824. The molecule has 2 fully saturated rings. The fraction of sp³-hybridized carbons (Fsp3) is 1.00. The molecule has 0 aromatic rings. The number of hydrogen-bond acceptors (Lipinski definition) is 3. The summed E-state index contributed by atoms with van der Waals surface area (Å²) >= 11 is 0. The summed E-state index contributed by atoms with van der Waals surface area (Å²) in [7, 11) is 2.26. The molecule has 0 amide bonds. The highest BCUT2D eigenvalue weighted by Gasteiger charge is 2.36. The van der Waals surface area contributed by atoms with E-state index in [4.69, 9.17) is 0 Å². The summed E-state index contributed by atoms with van der Waals surface area (Å²) in [6.45, 7) is 12.1. The fourth-order valence-electron chi connectivity index (χ4n) is 3.36. The highest BCUT2D eigenvalue weighted by molar-refractivity contribution is 4.90. The van der Waals surface area contributed by atoms with Crippen molar-refractivity contribution in [3.05, 3.63) is 0 Å². The molecule has 0 saturated carbocycles. The summed E-state index contributed by atoms with van der Waals surface area (Å²) in [4.78, 5) is 5.14. The molecule has 0 aromatic heterocycles. The maximum atomic E-state index is 3.52. The van der Waals surface area contributed by atoms with E-state index in [1.807, 2.05) is 0 Å². The molecule has 0 radical (unpaired) electrons. The first kappa shape index (κ1) is 14.3. The Bertz CT molecular complexity index is 234. The van der Waals surface area contributed by atoms with Gasteiger partial charge in [-0.3, -0.25) is 0 Å². The van der Waals surface area contributed by atoms with Crippen LogP contribution >= 0.6 is 0 Å². The van der Waals surface area contributed by atoms with Crippen LogP contribution in [0.3, 0.4) is 0 Å². The van der Waals surface area contributed by atoms with Crippen molar-refractivity contribution in [1.29, 1.82) is 0 Å². The van der Waals surface area contributed by atoms with Crippen LogP contribution in [0, 0.1) is 5.41 Å². The molecule has 0 aliphatic carbocycles. The maximum absolute atomic E-state index is 3.52. The molecule has 0 bridgehead atoms. The van der Waals surface area contributed by atoms with Gasteiger partial charge < -0.3 is 15.1 Å². The van der Waals surface area contributed by atoms with E-state index in [9.17, 15) is 0 Å². The molecule has 106 valence electrons. The van der Waals surface area contributed by atoms with Crippen molar-refractivity contribution in [2.24, 2.45) is 5.41 Å².